The predicted molar refractivity (Wildman–Crippen MR) is 91.4 cm³/mol. The maximum absolute atomic E-state index is 12.8. The van der Waals surface area contributed by atoms with E-state index in [9.17, 15) is 39.3 Å². The maximum Gasteiger partial charge on any atom is 0.201 e. The van der Waals surface area contributed by atoms with Crippen molar-refractivity contribution < 1.29 is 39.3 Å². The Bertz CT molecular complexity index is 1090. The lowest BCUT2D eigenvalue weighted by atomic mass is 9.79. The minimum absolute atomic E-state index is 0.112. The van der Waals surface area contributed by atoms with Gasteiger partial charge >= 0.3 is 0 Å². The number of carboxylic acids is 1. The molecule has 0 saturated heterocycles. The predicted octanol–water partition coefficient (Wildman–Crippen LogP) is 0.327. The third-order valence-corrected chi connectivity index (χ3v) is 4.39. The number of aromatic hydroxyl groups is 2. The van der Waals surface area contributed by atoms with Crippen molar-refractivity contribution in [2.75, 3.05) is 0 Å². The Morgan fingerprint density at radius 3 is 2.29 bits per heavy atom. The topological polar surface area (TPSA) is 149 Å². The van der Waals surface area contributed by atoms with Crippen LogP contribution in [0.3, 0.4) is 0 Å². The molecule has 0 saturated carbocycles. The van der Waals surface area contributed by atoms with E-state index in [0.717, 1.165) is 13.0 Å². The van der Waals surface area contributed by atoms with Crippen LogP contribution in [0.1, 0.15) is 61.1 Å². The standard InChI is InChI=1S/C20H14O8/c1-8(21)5-13(23)15-9(7-14(24)25)6-11-17(19(15)27)20(28)16-10(18(11)26)3-2-4-12(16)22/h2-4,6,22,27H,5,7H2,1H3,(H,24,25)/p-1. The molecule has 28 heavy (non-hydrogen) atoms. The zero-order valence-electron chi connectivity index (χ0n) is 14.6. The van der Waals surface area contributed by atoms with Crippen molar-refractivity contribution in [3.05, 3.63) is 57.6 Å². The van der Waals surface area contributed by atoms with Crippen LogP contribution in [0, 0.1) is 0 Å². The number of phenols is 2. The number of hydrogen-bond acceptors (Lipinski definition) is 8. The molecule has 2 aromatic rings. The molecule has 142 valence electrons. The monoisotopic (exact) mass is 381 g/mol. The van der Waals surface area contributed by atoms with Gasteiger partial charge < -0.3 is 20.1 Å². The molecule has 0 atom stereocenters. The molecule has 0 aromatic heterocycles. The van der Waals surface area contributed by atoms with Crippen molar-refractivity contribution in [2.24, 2.45) is 0 Å². The Hall–Kier alpha value is -3.81. The maximum atomic E-state index is 12.8. The van der Waals surface area contributed by atoms with E-state index in [2.05, 4.69) is 0 Å². The third kappa shape index (κ3) is 2.94. The first-order valence-electron chi connectivity index (χ1n) is 8.16. The van der Waals surface area contributed by atoms with E-state index >= 15 is 0 Å². The lowest BCUT2D eigenvalue weighted by Gasteiger charge is -2.22. The summed E-state index contributed by atoms with van der Waals surface area (Å²) < 4.78 is 0. The summed E-state index contributed by atoms with van der Waals surface area (Å²) >= 11 is 0. The van der Waals surface area contributed by atoms with Gasteiger partial charge in [-0.05, 0) is 24.6 Å². The fourth-order valence-corrected chi connectivity index (χ4v) is 3.29. The van der Waals surface area contributed by atoms with E-state index in [-0.39, 0.29) is 22.3 Å². The highest BCUT2D eigenvalue weighted by Gasteiger charge is 2.37. The van der Waals surface area contributed by atoms with E-state index in [4.69, 9.17) is 0 Å². The van der Waals surface area contributed by atoms with Crippen LogP contribution in [0.5, 0.6) is 11.5 Å². The molecule has 8 heteroatoms. The van der Waals surface area contributed by atoms with Crippen molar-refractivity contribution in [2.45, 2.75) is 19.8 Å². The van der Waals surface area contributed by atoms with Gasteiger partial charge in [-0.25, -0.2) is 0 Å². The van der Waals surface area contributed by atoms with Crippen molar-refractivity contribution in [3.63, 3.8) is 0 Å². The molecule has 0 amide bonds. The molecular formula is C20H13O8-. The summed E-state index contributed by atoms with van der Waals surface area (Å²) in [4.78, 5) is 60.4. The largest absolute Gasteiger partial charge is 0.550 e. The number of hydrogen-bond donors (Lipinski definition) is 2. The number of ketones is 4. The Kier molecular flexibility index (Phi) is 4.56. The van der Waals surface area contributed by atoms with E-state index < -0.39 is 64.6 Å². The highest BCUT2D eigenvalue weighted by molar-refractivity contribution is 6.31. The Labute approximate surface area is 158 Å². The number of carbonyl (C=O) groups excluding carboxylic acids is 5. The molecule has 0 spiro atoms. The molecule has 8 nitrogen and oxygen atoms in total. The smallest absolute Gasteiger partial charge is 0.201 e. The van der Waals surface area contributed by atoms with Gasteiger partial charge in [0.25, 0.3) is 0 Å². The average molecular weight is 381 g/mol. The van der Waals surface area contributed by atoms with Crippen LogP contribution in [0.25, 0.3) is 0 Å². The SMILES string of the molecule is CC(=O)CC(=O)c1c(CC(=O)[O-])cc2c(c1O)C(=O)c1c(O)cccc1C2=O. The first-order valence-corrected chi connectivity index (χ1v) is 8.16. The first kappa shape index (κ1) is 19.0. The molecule has 2 aromatic carbocycles. The molecule has 0 unspecified atom stereocenters. The van der Waals surface area contributed by atoms with Crippen LogP contribution in [0.2, 0.25) is 0 Å². The van der Waals surface area contributed by atoms with Crippen molar-refractivity contribution in [3.8, 4) is 11.5 Å². The minimum Gasteiger partial charge on any atom is -0.550 e. The number of phenolic OH excluding ortho intramolecular Hbond substituents is 2. The molecule has 0 heterocycles. The number of benzene rings is 2. The number of rotatable bonds is 5. The van der Waals surface area contributed by atoms with E-state index in [1.165, 1.54) is 18.2 Å². The molecule has 0 radical (unpaired) electrons. The normalized spacial score (nSPS) is 12.3. The summed E-state index contributed by atoms with van der Waals surface area (Å²) in [6.45, 7) is 1.13. The lowest BCUT2D eigenvalue weighted by molar-refractivity contribution is -0.304. The first-order chi connectivity index (χ1) is 13.1. The zero-order chi connectivity index (χ0) is 20.7. The number of fused-ring (bicyclic) bond motifs is 2. The lowest BCUT2D eigenvalue weighted by Crippen LogP contribution is -2.27. The quantitative estimate of drug-likeness (QED) is 0.474. The number of Topliss-reactive ketones (excluding diaryl/α,β-unsaturated/α-hetero) is 2. The van der Waals surface area contributed by atoms with Crippen molar-refractivity contribution >= 4 is 29.1 Å². The van der Waals surface area contributed by atoms with Crippen LogP contribution in [-0.4, -0.2) is 39.3 Å². The summed E-state index contributed by atoms with van der Waals surface area (Å²) in [5.74, 6) is -6.00. The van der Waals surface area contributed by atoms with E-state index in [1.54, 1.807) is 0 Å². The van der Waals surface area contributed by atoms with Crippen LogP contribution >= 0.6 is 0 Å². The highest BCUT2D eigenvalue weighted by atomic mass is 16.4. The zero-order valence-corrected chi connectivity index (χ0v) is 14.6. The summed E-state index contributed by atoms with van der Waals surface area (Å²) in [5, 5.41) is 31.7. The summed E-state index contributed by atoms with van der Waals surface area (Å²) in [6.07, 6.45) is -1.44. The van der Waals surface area contributed by atoms with Crippen molar-refractivity contribution in [1.29, 1.82) is 0 Å². The van der Waals surface area contributed by atoms with Gasteiger partial charge in [-0.15, -0.1) is 0 Å². The third-order valence-electron chi connectivity index (χ3n) is 4.39. The van der Waals surface area contributed by atoms with Crippen LogP contribution in [0.15, 0.2) is 24.3 Å². The van der Waals surface area contributed by atoms with Crippen molar-refractivity contribution in [1.82, 2.24) is 0 Å². The summed E-state index contributed by atoms with van der Waals surface area (Å²) in [7, 11) is 0. The number of carbonyl (C=O) groups is 5. The Morgan fingerprint density at radius 1 is 1.00 bits per heavy atom. The van der Waals surface area contributed by atoms with Crippen LogP contribution < -0.4 is 5.11 Å². The minimum atomic E-state index is -1.58. The van der Waals surface area contributed by atoms with Gasteiger partial charge in [-0.1, -0.05) is 12.1 Å². The molecule has 0 fully saturated rings. The molecule has 2 N–H and O–H groups in total. The van der Waals surface area contributed by atoms with Gasteiger partial charge in [0.2, 0.25) is 5.78 Å². The van der Waals surface area contributed by atoms with Crippen LogP contribution in [0.4, 0.5) is 0 Å². The van der Waals surface area contributed by atoms with Gasteiger partial charge in [-0.2, -0.15) is 0 Å². The number of carboxylic acid groups (broad SMARTS) is 1. The van der Waals surface area contributed by atoms with Gasteiger partial charge in [-0.3, -0.25) is 19.2 Å². The molecule has 1 aliphatic carbocycles. The molecule has 3 rings (SSSR count). The molecule has 1 aliphatic rings. The van der Waals surface area contributed by atoms with Gasteiger partial charge in [0.1, 0.15) is 17.3 Å². The fourth-order valence-electron chi connectivity index (χ4n) is 3.29. The van der Waals surface area contributed by atoms with Gasteiger partial charge in [0.15, 0.2) is 11.6 Å². The Balaban J connectivity index is 2.32. The van der Waals surface area contributed by atoms with E-state index in [0.29, 0.717) is 0 Å². The second kappa shape index (κ2) is 6.73. The second-order valence-corrected chi connectivity index (χ2v) is 6.39. The van der Waals surface area contributed by atoms with Gasteiger partial charge in [0, 0.05) is 23.5 Å². The average Bonchev–Trinajstić information content (AvgIpc) is 2.57. The van der Waals surface area contributed by atoms with Crippen LogP contribution in [-0.2, 0) is 16.0 Å². The summed E-state index contributed by atoms with van der Waals surface area (Å²) in [5.41, 5.74) is -2.03. The second-order valence-electron chi connectivity index (χ2n) is 6.39. The molecule has 0 bridgehead atoms. The Morgan fingerprint density at radius 2 is 1.68 bits per heavy atom. The summed E-state index contributed by atoms with van der Waals surface area (Å²) in [6, 6.07) is 4.89. The molecule has 0 aliphatic heterocycles. The van der Waals surface area contributed by atoms with E-state index in [1.807, 2.05) is 0 Å². The molecular weight excluding hydrogens is 368 g/mol. The van der Waals surface area contributed by atoms with Gasteiger partial charge in [0.05, 0.1) is 23.1 Å². The number of aliphatic carboxylic acids is 1. The fraction of sp³-hybridized carbons (Fsp3) is 0.150. The highest BCUT2D eigenvalue weighted by Crippen LogP contribution is 2.40.